The number of hydrogen-bond acceptors (Lipinski definition) is 5. The molecule has 3 rings (SSSR count). The molecule has 0 bridgehead atoms. The van der Waals surface area contributed by atoms with E-state index in [2.05, 4.69) is 13.5 Å². The van der Waals surface area contributed by atoms with Gasteiger partial charge in [0.25, 0.3) is 0 Å². The first-order chi connectivity index (χ1) is 15.4. The number of aliphatic hydroxyl groups is 1. The molecule has 2 aliphatic carbocycles. The molecule has 178 valence electrons. The zero-order chi connectivity index (χ0) is 23.1. The summed E-state index contributed by atoms with van der Waals surface area (Å²) in [4.78, 5) is 0. The monoisotopic (exact) mass is 444 g/mol. The van der Waals surface area contributed by atoms with E-state index in [4.69, 9.17) is 18.9 Å². The predicted octanol–water partition coefficient (Wildman–Crippen LogP) is 5.57. The number of fused-ring (bicyclic) bond motifs is 1. The van der Waals surface area contributed by atoms with Crippen LogP contribution in [-0.4, -0.2) is 44.4 Å². The van der Waals surface area contributed by atoms with E-state index >= 15 is 0 Å². The van der Waals surface area contributed by atoms with Gasteiger partial charge in [-0.1, -0.05) is 37.6 Å². The lowest BCUT2D eigenvalue weighted by Gasteiger charge is -2.44. The molecular formula is C27H40O5. The van der Waals surface area contributed by atoms with Crippen molar-refractivity contribution in [1.29, 1.82) is 0 Å². The Balaban J connectivity index is 1.80. The molecule has 0 spiro atoms. The van der Waals surface area contributed by atoms with Gasteiger partial charge in [-0.05, 0) is 73.3 Å². The minimum Gasteiger partial charge on any atom is -0.497 e. The molecule has 1 saturated carbocycles. The smallest absolute Gasteiger partial charge is 0.146 e. The standard InChI is InChI=1S/C27H40O5/c1-19(2)26(31-17-20-9-11-21(30-5)12-10-20)25(32-18-29-4)16-22-23-8-6-7-14-27(23,3)15-13-24(22)28/h9-12,24-26,28H,1,6-8,13-18H2,2-5H3/t24-,25+,26+,27-/m0/s1. The highest BCUT2D eigenvalue weighted by Crippen LogP contribution is 2.50. The Hall–Kier alpha value is -1.66. The number of rotatable bonds is 11. The Labute approximate surface area is 193 Å². The van der Waals surface area contributed by atoms with Gasteiger partial charge >= 0.3 is 0 Å². The molecule has 1 fully saturated rings. The number of allylic oxidation sites excluding steroid dienone is 1. The number of methoxy groups -OCH3 is 2. The summed E-state index contributed by atoms with van der Waals surface area (Å²) >= 11 is 0. The summed E-state index contributed by atoms with van der Waals surface area (Å²) < 4.78 is 22.9. The highest BCUT2D eigenvalue weighted by atomic mass is 16.7. The van der Waals surface area contributed by atoms with Crippen molar-refractivity contribution in [2.45, 2.75) is 83.7 Å². The minimum absolute atomic E-state index is 0.177. The quantitative estimate of drug-likeness (QED) is 0.357. The summed E-state index contributed by atoms with van der Waals surface area (Å²) in [7, 11) is 3.29. The van der Waals surface area contributed by atoms with E-state index in [0.29, 0.717) is 13.0 Å². The van der Waals surface area contributed by atoms with Gasteiger partial charge < -0.3 is 24.1 Å². The molecule has 0 amide bonds. The Bertz CT molecular complexity index is 784. The maximum absolute atomic E-state index is 11.0. The molecule has 1 aromatic carbocycles. The van der Waals surface area contributed by atoms with Crippen LogP contribution in [0.15, 0.2) is 47.6 Å². The van der Waals surface area contributed by atoms with Crippen LogP contribution in [0.2, 0.25) is 0 Å². The van der Waals surface area contributed by atoms with Crippen LogP contribution in [0.25, 0.3) is 0 Å². The third-order valence-corrected chi connectivity index (χ3v) is 7.13. The first-order valence-corrected chi connectivity index (χ1v) is 11.8. The molecule has 1 aromatic rings. The Kier molecular flexibility index (Phi) is 8.95. The lowest BCUT2D eigenvalue weighted by atomic mass is 9.62. The molecule has 32 heavy (non-hydrogen) atoms. The molecular weight excluding hydrogens is 404 g/mol. The van der Waals surface area contributed by atoms with Gasteiger partial charge in [-0.15, -0.1) is 0 Å². The van der Waals surface area contributed by atoms with E-state index < -0.39 is 6.10 Å². The first-order valence-electron chi connectivity index (χ1n) is 11.8. The molecule has 0 radical (unpaired) electrons. The summed E-state index contributed by atoms with van der Waals surface area (Å²) in [6.07, 6.45) is 6.29. The Morgan fingerprint density at radius 2 is 1.91 bits per heavy atom. The summed E-state index contributed by atoms with van der Waals surface area (Å²) in [6.45, 7) is 9.15. The molecule has 0 unspecified atom stereocenters. The lowest BCUT2D eigenvalue weighted by molar-refractivity contribution is -0.122. The second-order valence-electron chi connectivity index (χ2n) is 9.57. The number of ether oxygens (including phenoxy) is 4. The van der Waals surface area contributed by atoms with E-state index in [1.165, 1.54) is 24.8 Å². The average Bonchev–Trinajstić information content (AvgIpc) is 2.79. The van der Waals surface area contributed by atoms with Crippen LogP contribution in [0, 0.1) is 5.41 Å². The molecule has 5 nitrogen and oxygen atoms in total. The van der Waals surface area contributed by atoms with E-state index in [1.54, 1.807) is 14.2 Å². The van der Waals surface area contributed by atoms with Gasteiger partial charge in [0.05, 0.1) is 25.9 Å². The zero-order valence-corrected chi connectivity index (χ0v) is 20.2. The van der Waals surface area contributed by atoms with Crippen molar-refractivity contribution in [3.8, 4) is 5.75 Å². The summed E-state index contributed by atoms with van der Waals surface area (Å²) in [5.74, 6) is 0.821. The average molecular weight is 445 g/mol. The summed E-state index contributed by atoms with van der Waals surface area (Å²) in [5.41, 5.74) is 4.77. The van der Waals surface area contributed by atoms with Crippen LogP contribution >= 0.6 is 0 Å². The minimum atomic E-state index is -0.405. The third kappa shape index (κ3) is 6.02. The van der Waals surface area contributed by atoms with Crippen LogP contribution in [0.4, 0.5) is 0 Å². The van der Waals surface area contributed by atoms with Gasteiger partial charge in [-0.25, -0.2) is 0 Å². The summed E-state index contributed by atoms with van der Waals surface area (Å²) in [6, 6.07) is 7.87. The maximum atomic E-state index is 11.0. The summed E-state index contributed by atoms with van der Waals surface area (Å²) in [5, 5.41) is 11.0. The molecule has 2 aliphatic rings. The largest absolute Gasteiger partial charge is 0.497 e. The fraction of sp³-hybridized carbons (Fsp3) is 0.630. The molecule has 1 N–H and O–H groups in total. The first kappa shape index (κ1) is 25.0. The molecule has 0 saturated heterocycles. The number of benzene rings is 1. The maximum Gasteiger partial charge on any atom is 0.146 e. The molecule has 0 heterocycles. The van der Waals surface area contributed by atoms with Gasteiger partial charge in [-0.2, -0.15) is 0 Å². The number of aliphatic hydroxyl groups excluding tert-OH is 1. The Morgan fingerprint density at radius 3 is 2.56 bits per heavy atom. The van der Waals surface area contributed by atoms with Crippen LogP contribution in [-0.2, 0) is 20.8 Å². The molecule has 5 heteroatoms. The van der Waals surface area contributed by atoms with Gasteiger partial charge in [0.2, 0.25) is 0 Å². The van der Waals surface area contributed by atoms with Crippen LogP contribution in [0.5, 0.6) is 5.75 Å². The van der Waals surface area contributed by atoms with Crippen molar-refractivity contribution < 1.29 is 24.1 Å². The van der Waals surface area contributed by atoms with Crippen molar-refractivity contribution in [2.75, 3.05) is 21.0 Å². The second-order valence-corrected chi connectivity index (χ2v) is 9.57. The van der Waals surface area contributed by atoms with Crippen LogP contribution in [0.3, 0.4) is 0 Å². The fourth-order valence-corrected chi connectivity index (χ4v) is 5.28. The van der Waals surface area contributed by atoms with Crippen molar-refractivity contribution in [2.24, 2.45) is 5.41 Å². The Morgan fingerprint density at radius 1 is 1.16 bits per heavy atom. The van der Waals surface area contributed by atoms with Gasteiger partial charge in [0.1, 0.15) is 18.6 Å². The SMILES string of the molecule is C=C(C)[C@@H](OCc1ccc(OC)cc1)[C@@H](CC1=C2CCCC[C@@]2(C)CC[C@@H]1O)OCOC. The van der Waals surface area contributed by atoms with E-state index in [-0.39, 0.29) is 24.4 Å². The van der Waals surface area contributed by atoms with Gasteiger partial charge in [0, 0.05) is 13.5 Å². The van der Waals surface area contributed by atoms with Crippen LogP contribution in [0.1, 0.15) is 64.4 Å². The zero-order valence-electron chi connectivity index (χ0n) is 20.2. The topological polar surface area (TPSA) is 57.2 Å². The normalized spacial score (nSPS) is 25.2. The van der Waals surface area contributed by atoms with Crippen molar-refractivity contribution >= 4 is 0 Å². The fourth-order valence-electron chi connectivity index (χ4n) is 5.28. The molecule has 4 atom stereocenters. The molecule has 0 aromatic heterocycles. The van der Waals surface area contributed by atoms with Crippen LogP contribution < -0.4 is 4.74 Å². The lowest BCUT2D eigenvalue weighted by Crippen LogP contribution is -2.38. The predicted molar refractivity (Wildman–Crippen MR) is 127 cm³/mol. The highest BCUT2D eigenvalue weighted by Gasteiger charge is 2.40. The van der Waals surface area contributed by atoms with Crippen molar-refractivity contribution in [3.63, 3.8) is 0 Å². The van der Waals surface area contributed by atoms with E-state index in [9.17, 15) is 5.11 Å². The van der Waals surface area contributed by atoms with Crippen molar-refractivity contribution in [3.05, 3.63) is 53.1 Å². The van der Waals surface area contributed by atoms with Gasteiger partial charge in [0.15, 0.2) is 0 Å². The second kappa shape index (κ2) is 11.5. The van der Waals surface area contributed by atoms with Crippen molar-refractivity contribution in [1.82, 2.24) is 0 Å². The third-order valence-electron chi connectivity index (χ3n) is 7.13. The number of hydrogen-bond donors (Lipinski definition) is 1. The highest BCUT2D eigenvalue weighted by molar-refractivity contribution is 5.31. The van der Waals surface area contributed by atoms with E-state index in [0.717, 1.165) is 41.7 Å². The van der Waals surface area contributed by atoms with E-state index in [1.807, 2.05) is 31.2 Å². The van der Waals surface area contributed by atoms with Gasteiger partial charge in [-0.3, -0.25) is 0 Å². The molecule has 0 aliphatic heterocycles.